The van der Waals surface area contributed by atoms with Gasteiger partial charge < -0.3 is 15.4 Å². The zero-order valence-electron chi connectivity index (χ0n) is 13.9. The van der Waals surface area contributed by atoms with Gasteiger partial charge in [0, 0.05) is 12.5 Å². The molecule has 0 saturated heterocycles. The van der Waals surface area contributed by atoms with Crippen molar-refractivity contribution in [3.8, 4) is 0 Å². The van der Waals surface area contributed by atoms with Gasteiger partial charge in [-0.3, -0.25) is 0 Å². The minimum atomic E-state index is -0.693. The largest absolute Gasteiger partial charge is 0.467 e. The summed E-state index contributed by atoms with van der Waals surface area (Å²) in [7, 11) is 1.29. The quantitative estimate of drug-likeness (QED) is 0.802. The van der Waals surface area contributed by atoms with Gasteiger partial charge in [-0.15, -0.1) is 0 Å². The highest BCUT2D eigenvalue weighted by molar-refractivity contribution is 5.83. The third-order valence-corrected chi connectivity index (χ3v) is 3.77. The Bertz CT molecular complexity index is 619. The molecule has 2 aromatic carbocycles. The van der Waals surface area contributed by atoms with Crippen LogP contribution in [0.5, 0.6) is 0 Å². The zero-order valence-corrected chi connectivity index (χ0v) is 13.9. The van der Waals surface area contributed by atoms with Gasteiger partial charge in [0.1, 0.15) is 6.04 Å². The number of carbonyl (C=O) groups excluding carboxylic acids is 2. The van der Waals surface area contributed by atoms with Crippen LogP contribution in [0, 0.1) is 0 Å². The van der Waals surface area contributed by atoms with E-state index in [1.807, 2.05) is 60.7 Å². The van der Waals surface area contributed by atoms with Gasteiger partial charge in [-0.25, -0.2) is 9.59 Å². The summed E-state index contributed by atoms with van der Waals surface area (Å²) in [6.45, 7) is 2.01. The molecule has 1 atom stereocenters. The summed E-state index contributed by atoms with van der Waals surface area (Å²) in [6, 6.07) is 18.9. The second-order valence-electron chi connectivity index (χ2n) is 5.47. The Hall–Kier alpha value is -2.82. The maximum Gasteiger partial charge on any atom is 0.328 e. The minimum absolute atomic E-state index is 0.0339. The molecule has 2 N–H and O–H groups in total. The average Bonchev–Trinajstić information content (AvgIpc) is 2.63. The Morgan fingerprint density at radius 1 is 0.958 bits per heavy atom. The summed E-state index contributed by atoms with van der Waals surface area (Å²) < 4.78 is 4.60. The lowest BCUT2D eigenvalue weighted by Gasteiger charge is -2.20. The predicted molar refractivity (Wildman–Crippen MR) is 92.7 cm³/mol. The second-order valence-corrected chi connectivity index (χ2v) is 5.47. The van der Waals surface area contributed by atoms with Crippen LogP contribution in [0.1, 0.15) is 24.0 Å². The number of esters is 1. The van der Waals surface area contributed by atoms with Crippen molar-refractivity contribution in [1.29, 1.82) is 0 Å². The number of hydrogen-bond donors (Lipinski definition) is 2. The zero-order chi connectivity index (χ0) is 17.4. The third-order valence-electron chi connectivity index (χ3n) is 3.77. The van der Waals surface area contributed by atoms with Crippen molar-refractivity contribution in [3.63, 3.8) is 0 Å². The van der Waals surface area contributed by atoms with Crippen LogP contribution in [0.25, 0.3) is 0 Å². The van der Waals surface area contributed by atoms with Gasteiger partial charge in [-0.2, -0.15) is 0 Å². The summed E-state index contributed by atoms with van der Waals surface area (Å²) in [4.78, 5) is 23.4. The van der Waals surface area contributed by atoms with Crippen molar-refractivity contribution < 1.29 is 14.3 Å². The van der Waals surface area contributed by atoms with Gasteiger partial charge >= 0.3 is 12.0 Å². The Kier molecular flexibility index (Phi) is 6.37. The van der Waals surface area contributed by atoms with Crippen molar-refractivity contribution in [1.82, 2.24) is 10.6 Å². The Morgan fingerprint density at radius 3 is 1.92 bits per heavy atom. The van der Waals surface area contributed by atoms with Crippen LogP contribution >= 0.6 is 0 Å². The lowest BCUT2D eigenvalue weighted by molar-refractivity contribution is -0.142. The molecular weight excluding hydrogens is 304 g/mol. The fourth-order valence-corrected chi connectivity index (χ4v) is 2.48. The highest BCUT2D eigenvalue weighted by Crippen LogP contribution is 2.23. The van der Waals surface area contributed by atoms with Gasteiger partial charge in [0.15, 0.2) is 0 Å². The molecule has 0 aliphatic rings. The van der Waals surface area contributed by atoms with E-state index in [4.69, 9.17) is 0 Å². The van der Waals surface area contributed by atoms with Crippen LogP contribution in [0.15, 0.2) is 60.7 Å². The normalized spacial score (nSPS) is 11.6. The molecule has 0 aliphatic carbocycles. The minimum Gasteiger partial charge on any atom is -0.467 e. The highest BCUT2D eigenvalue weighted by atomic mass is 16.5. The second kappa shape index (κ2) is 8.72. The molecular formula is C19H22N2O3. The van der Waals surface area contributed by atoms with Gasteiger partial charge in [0.2, 0.25) is 0 Å². The number of ether oxygens (including phenoxy) is 1. The van der Waals surface area contributed by atoms with Crippen molar-refractivity contribution in [2.24, 2.45) is 0 Å². The molecule has 2 aromatic rings. The maximum atomic E-state index is 12.0. The van der Waals surface area contributed by atoms with E-state index in [2.05, 4.69) is 15.4 Å². The van der Waals surface area contributed by atoms with E-state index >= 15 is 0 Å². The van der Waals surface area contributed by atoms with Gasteiger partial charge in [0.05, 0.1) is 7.11 Å². The molecule has 0 saturated carbocycles. The third kappa shape index (κ3) is 4.84. The number of carbonyl (C=O) groups is 2. The van der Waals surface area contributed by atoms with Crippen LogP contribution in [0.3, 0.4) is 0 Å². The van der Waals surface area contributed by atoms with Gasteiger partial charge in [-0.05, 0) is 18.1 Å². The fraction of sp³-hybridized carbons (Fsp3) is 0.263. The number of rotatable bonds is 6. The van der Waals surface area contributed by atoms with E-state index < -0.39 is 18.0 Å². The predicted octanol–water partition coefficient (Wildman–Crippen LogP) is 2.68. The van der Waals surface area contributed by atoms with E-state index in [-0.39, 0.29) is 5.92 Å². The number of benzene rings is 2. The fourth-order valence-electron chi connectivity index (χ4n) is 2.48. The SMILES string of the molecule is COC(=O)[C@H](C)NC(=O)NCC(c1ccccc1)c1ccccc1. The number of hydrogen-bond acceptors (Lipinski definition) is 3. The molecule has 126 valence electrons. The van der Waals surface area contributed by atoms with Crippen molar-refractivity contribution in [3.05, 3.63) is 71.8 Å². The first-order chi connectivity index (χ1) is 11.6. The smallest absolute Gasteiger partial charge is 0.328 e. The molecule has 0 bridgehead atoms. The molecule has 0 unspecified atom stereocenters. The first-order valence-corrected chi connectivity index (χ1v) is 7.84. The first-order valence-electron chi connectivity index (χ1n) is 7.84. The highest BCUT2D eigenvalue weighted by Gasteiger charge is 2.18. The van der Waals surface area contributed by atoms with E-state index in [0.29, 0.717) is 6.54 Å². The van der Waals surface area contributed by atoms with Crippen molar-refractivity contribution >= 4 is 12.0 Å². The summed E-state index contributed by atoms with van der Waals surface area (Å²) in [6.07, 6.45) is 0. The van der Waals surface area contributed by atoms with Crippen molar-refractivity contribution in [2.45, 2.75) is 18.9 Å². The Labute approximate surface area is 142 Å². The average molecular weight is 326 g/mol. The van der Waals surface area contributed by atoms with Crippen molar-refractivity contribution in [2.75, 3.05) is 13.7 Å². The molecule has 0 aromatic heterocycles. The molecule has 0 aliphatic heterocycles. The molecule has 0 fully saturated rings. The van der Waals surface area contributed by atoms with Gasteiger partial charge in [0.25, 0.3) is 0 Å². The molecule has 0 radical (unpaired) electrons. The summed E-state index contributed by atoms with van der Waals surface area (Å²) in [5, 5.41) is 5.40. The van der Waals surface area contributed by atoms with Crippen LogP contribution in [-0.2, 0) is 9.53 Å². The lowest BCUT2D eigenvalue weighted by atomic mass is 9.91. The summed E-state index contributed by atoms with van der Waals surface area (Å²) >= 11 is 0. The molecule has 0 spiro atoms. The molecule has 2 amide bonds. The standard InChI is InChI=1S/C19H22N2O3/c1-14(18(22)24-2)21-19(23)20-13-17(15-9-5-3-6-10-15)16-11-7-4-8-12-16/h3-12,14,17H,13H2,1-2H3,(H2,20,21,23)/t14-/m0/s1. The topological polar surface area (TPSA) is 67.4 Å². The first kappa shape index (κ1) is 17.5. The molecule has 24 heavy (non-hydrogen) atoms. The molecule has 5 nitrogen and oxygen atoms in total. The summed E-state index contributed by atoms with van der Waals surface area (Å²) in [5.74, 6) is -0.445. The van der Waals surface area contributed by atoms with E-state index in [9.17, 15) is 9.59 Å². The van der Waals surface area contributed by atoms with Gasteiger partial charge in [-0.1, -0.05) is 60.7 Å². The number of urea groups is 1. The van der Waals surface area contributed by atoms with Crippen LogP contribution in [0.2, 0.25) is 0 Å². The van der Waals surface area contributed by atoms with E-state index in [0.717, 1.165) is 11.1 Å². The Balaban J connectivity index is 2.04. The monoisotopic (exact) mass is 326 g/mol. The summed E-state index contributed by atoms with van der Waals surface area (Å²) in [5.41, 5.74) is 2.23. The number of methoxy groups -OCH3 is 1. The van der Waals surface area contributed by atoms with Crippen LogP contribution in [0.4, 0.5) is 4.79 Å². The number of nitrogens with one attached hydrogen (secondary N) is 2. The Morgan fingerprint density at radius 2 is 1.46 bits per heavy atom. The van der Waals surface area contributed by atoms with E-state index in [1.54, 1.807) is 6.92 Å². The molecule has 0 heterocycles. The molecule has 2 rings (SSSR count). The number of amides is 2. The molecule has 5 heteroatoms. The van der Waals surface area contributed by atoms with Crippen LogP contribution < -0.4 is 10.6 Å². The van der Waals surface area contributed by atoms with E-state index in [1.165, 1.54) is 7.11 Å². The maximum absolute atomic E-state index is 12.0. The lowest BCUT2D eigenvalue weighted by Crippen LogP contribution is -2.45. The van der Waals surface area contributed by atoms with Crippen LogP contribution in [-0.4, -0.2) is 31.7 Å².